The molecule has 0 aliphatic heterocycles. The predicted molar refractivity (Wildman–Crippen MR) is 151 cm³/mol. The molecule has 0 unspecified atom stereocenters. The van der Waals surface area contributed by atoms with Gasteiger partial charge in [-0.25, -0.2) is 9.18 Å². The lowest BCUT2D eigenvalue weighted by molar-refractivity contribution is -0.140. The summed E-state index contributed by atoms with van der Waals surface area (Å²) in [7, 11) is 0. The van der Waals surface area contributed by atoms with Gasteiger partial charge in [-0.05, 0) is 89.4 Å². The Morgan fingerprint density at radius 2 is 1.59 bits per heavy atom. The molecule has 0 bridgehead atoms. The molecule has 5 nitrogen and oxygen atoms in total. The van der Waals surface area contributed by atoms with Crippen LogP contribution in [0.1, 0.15) is 37.0 Å². The maximum absolute atomic E-state index is 13.5. The summed E-state index contributed by atoms with van der Waals surface area (Å²) in [5.41, 5.74) is 4.48. The summed E-state index contributed by atoms with van der Waals surface area (Å²) in [5.74, 6) is -1.16. The van der Waals surface area contributed by atoms with Gasteiger partial charge in [0, 0.05) is 9.92 Å². The molecule has 1 amide bonds. The Morgan fingerprint density at radius 3 is 2.21 bits per heavy atom. The van der Waals surface area contributed by atoms with E-state index in [1.165, 1.54) is 12.1 Å². The topological polar surface area (TPSA) is 75.6 Å². The van der Waals surface area contributed by atoms with E-state index in [0.29, 0.717) is 23.4 Å². The maximum Gasteiger partial charge on any atom is 0.418 e. The summed E-state index contributed by atoms with van der Waals surface area (Å²) < 4.78 is 21.6. The molecule has 1 aliphatic rings. The van der Waals surface area contributed by atoms with Gasteiger partial charge in [0.05, 0.1) is 5.41 Å². The van der Waals surface area contributed by atoms with Gasteiger partial charge in [-0.2, -0.15) is 0 Å². The van der Waals surface area contributed by atoms with Gasteiger partial charge in [-0.3, -0.25) is 9.52 Å². The van der Waals surface area contributed by atoms with Crippen molar-refractivity contribution in [2.24, 2.45) is 0 Å². The van der Waals surface area contributed by atoms with Crippen molar-refractivity contribution in [3.63, 3.8) is 0 Å². The van der Waals surface area contributed by atoms with E-state index in [1.54, 1.807) is 31.2 Å². The van der Waals surface area contributed by atoms with Crippen molar-refractivity contribution < 1.29 is 23.8 Å². The van der Waals surface area contributed by atoms with Crippen LogP contribution in [0.25, 0.3) is 22.3 Å². The Hall–Kier alpha value is -3.81. The summed E-state index contributed by atoms with van der Waals surface area (Å²) >= 11 is 7.33. The van der Waals surface area contributed by atoms with Crippen molar-refractivity contribution in [2.45, 2.75) is 36.2 Å². The summed E-state index contributed by atoms with van der Waals surface area (Å²) in [6, 6.07) is 27.1. The van der Waals surface area contributed by atoms with E-state index in [2.05, 4.69) is 4.72 Å². The lowest BCUT2D eigenvalue weighted by Crippen LogP contribution is -2.19. The predicted octanol–water partition coefficient (Wildman–Crippen LogP) is 8.42. The SMILES string of the molecule is C[C@@H](OC(=O)NSc1cc(Cl)ccc1-c1ccc(-c2ccc(C3(C(=O)O)CC3)cc2)cc1)c1cccc(F)c1. The Bertz CT molecular complexity index is 1520. The van der Waals surface area contributed by atoms with E-state index >= 15 is 0 Å². The number of carboxylic acids is 1. The minimum absolute atomic E-state index is 0.394. The fourth-order valence-electron chi connectivity index (χ4n) is 4.50. The summed E-state index contributed by atoms with van der Waals surface area (Å²) in [6.45, 7) is 1.68. The van der Waals surface area contributed by atoms with Crippen LogP contribution in [-0.2, 0) is 14.9 Å². The largest absolute Gasteiger partial charge is 0.481 e. The standard InChI is InChI=1S/C31H25ClFNO4S/c1-19(23-3-2-4-26(33)17-23)38-30(37)34-39-28-18-25(32)13-14-27(28)22-7-5-20(6-8-22)21-9-11-24(12-10-21)31(15-16-31)29(35)36/h2-14,17-19H,15-16H2,1H3,(H,34,37)(H,35,36)/t19-/m1/s1. The number of rotatable bonds is 8. The van der Waals surface area contributed by atoms with Crippen LogP contribution in [0.5, 0.6) is 0 Å². The Labute approximate surface area is 235 Å². The van der Waals surface area contributed by atoms with Crippen molar-refractivity contribution >= 4 is 35.6 Å². The average Bonchev–Trinajstić information content (AvgIpc) is 3.75. The van der Waals surface area contributed by atoms with Crippen LogP contribution >= 0.6 is 23.5 Å². The molecule has 0 heterocycles. The number of benzene rings is 4. The van der Waals surface area contributed by atoms with E-state index in [4.69, 9.17) is 16.3 Å². The second-order valence-electron chi connectivity index (χ2n) is 9.49. The lowest BCUT2D eigenvalue weighted by Gasteiger charge is -2.15. The first kappa shape index (κ1) is 26.8. The highest BCUT2D eigenvalue weighted by Gasteiger charge is 2.51. The summed E-state index contributed by atoms with van der Waals surface area (Å²) in [5, 5.41) is 10.1. The molecule has 1 fully saturated rings. The molecule has 1 aliphatic carbocycles. The molecule has 1 atom stereocenters. The van der Waals surface area contributed by atoms with Crippen LogP contribution in [0.2, 0.25) is 5.02 Å². The van der Waals surface area contributed by atoms with Crippen molar-refractivity contribution in [3.8, 4) is 22.3 Å². The van der Waals surface area contributed by atoms with E-state index in [-0.39, 0.29) is 0 Å². The number of carbonyl (C=O) groups excluding carboxylic acids is 1. The third kappa shape index (κ3) is 5.95. The third-order valence-electron chi connectivity index (χ3n) is 6.92. The highest BCUT2D eigenvalue weighted by atomic mass is 35.5. The molecule has 0 aromatic heterocycles. The summed E-state index contributed by atoms with van der Waals surface area (Å²) in [4.78, 5) is 24.8. The minimum Gasteiger partial charge on any atom is -0.481 e. The second kappa shape index (κ2) is 11.1. The van der Waals surface area contributed by atoms with Crippen LogP contribution in [0.4, 0.5) is 9.18 Å². The third-order valence-corrected chi connectivity index (χ3v) is 7.98. The highest BCUT2D eigenvalue weighted by molar-refractivity contribution is 7.98. The van der Waals surface area contributed by atoms with Gasteiger partial charge in [0.2, 0.25) is 0 Å². The number of halogens is 2. The molecule has 198 valence electrons. The Morgan fingerprint density at radius 1 is 0.949 bits per heavy atom. The molecular weight excluding hydrogens is 537 g/mol. The molecule has 8 heteroatoms. The molecule has 1 saturated carbocycles. The van der Waals surface area contributed by atoms with Crippen LogP contribution < -0.4 is 4.72 Å². The van der Waals surface area contributed by atoms with E-state index < -0.39 is 29.4 Å². The molecule has 2 N–H and O–H groups in total. The number of hydrogen-bond donors (Lipinski definition) is 2. The fourth-order valence-corrected chi connectivity index (χ4v) is 5.46. The first-order chi connectivity index (χ1) is 18.7. The molecule has 0 saturated heterocycles. The molecule has 0 spiro atoms. The molecule has 5 rings (SSSR count). The van der Waals surface area contributed by atoms with E-state index in [9.17, 15) is 19.1 Å². The molecular formula is C31H25ClFNO4S. The first-order valence-corrected chi connectivity index (χ1v) is 13.6. The maximum atomic E-state index is 13.5. The second-order valence-corrected chi connectivity index (χ2v) is 10.8. The zero-order valence-electron chi connectivity index (χ0n) is 21.0. The minimum atomic E-state index is -0.764. The van der Waals surface area contributed by atoms with Gasteiger partial charge in [0.25, 0.3) is 0 Å². The quantitative estimate of drug-likeness (QED) is 0.211. The molecule has 39 heavy (non-hydrogen) atoms. The lowest BCUT2D eigenvalue weighted by atomic mass is 9.93. The van der Waals surface area contributed by atoms with Gasteiger partial charge < -0.3 is 9.84 Å². The Kier molecular flexibility index (Phi) is 7.64. The van der Waals surface area contributed by atoms with Gasteiger partial charge in [0.1, 0.15) is 11.9 Å². The normalized spacial score (nSPS) is 14.3. The monoisotopic (exact) mass is 561 g/mol. The fraction of sp³-hybridized carbons (Fsp3) is 0.161. The van der Waals surface area contributed by atoms with E-state index in [0.717, 1.165) is 44.7 Å². The average molecular weight is 562 g/mol. The van der Waals surface area contributed by atoms with Crippen LogP contribution in [0.15, 0.2) is 95.9 Å². The van der Waals surface area contributed by atoms with Crippen molar-refractivity contribution in [1.29, 1.82) is 0 Å². The number of hydrogen-bond acceptors (Lipinski definition) is 4. The van der Waals surface area contributed by atoms with Gasteiger partial charge >= 0.3 is 12.1 Å². The molecule has 4 aromatic carbocycles. The van der Waals surface area contributed by atoms with Crippen LogP contribution in [0, 0.1) is 5.82 Å². The van der Waals surface area contributed by atoms with Crippen molar-refractivity contribution in [3.05, 3.63) is 113 Å². The number of nitrogens with one attached hydrogen (secondary N) is 1. The van der Waals surface area contributed by atoms with Crippen molar-refractivity contribution in [1.82, 2.24) is 4.72 Å². The highest BCUT2D eigenvalue weighted by Crippen LogP contribution is 2.48. The summed E-state index contributed by atoms with van der Waals surface area (Å²) in [6.07, 6.45) is 0.0744. The zero-order valence-corrected chi connectivity index (χ0v) is 22.6. The van der Waals surface area contributed by atoms with Gasteiger partial charge in [-0.15, -0.1) is 0 Å². The first-order valence-electron chi connectivity index (χ1n) is 12.4. The van der Waals surface area contributed by atoms with Crippen molar-refractivity contribution in [2.75, 3.05) is 0 Å². The smallest absolute Gasteiger partial charge is 0.418 e. The molecule has 0 radical (unpaired) electrons. The number of ether oxygens (including phenoxy) is 1. The van der Waals surface area contributed by atoms with E-state index in [1.807, 2.05) is 54.6 Å². The van der Waals surface area contributed by atoms with Gasteiger partial charge in [0.15, 0.2) is 0 Å². The Balaban J connectivity index is 1.27. The van der Waals surface area contributed by atoms with Crippen LogP contribution in [-0.4, -0.2) is 17.2 Å². The number of carboxylic acid groups (broad SMARTS) is 1. The van der Waals surface area contributed by atoms with Gasteiger partial charge in [-0.1, -0.05) is 78.3 Å². The zero-order chi connectivity index (χ0) is 27.6. The number of aliphatic carboxylic acids is 1. The number of amides is 1. The number of carbonyl (C=O) groups is 2. The van der Waals surface area contributed by atoms with Crippen LogP contribution in [0.3, 0.4) is 0 Å². The molecule has 4 aromatic rings.